The molecule has 3 heterocycles. The van der Waals surface area contributed by atoms with Gasteiger partial charge in [-0.05, 0) is 19.8 Å². The van der Waals surface area contributed by atoms with Gasteiger partial charge in [0, 0.05) is 25.1 Å². The van der Waals surface area contributed by atoms with E-state index in [1.165, 1.54) is 0 Å². The van der Waals surface area contributed by atoms with Gasteiger partial charge in [-0.1, -0.05) is 0 Å². The molecule has 0 bridgehead atoms. The van der Waals surface area contributed by atoms with Gasteiger partial charge in [0.05, 0.1) is 26.0 Å². The predicted molar refractivity (Wildman–Crippen MR) is 88.9 cm³/mol. The molecule has 0 saturated carbocycles. The minimum absolute atomic E-state index is 0.117. The maximum absolute atomic E-state index is 11.7. The molecular formula is C16H21N5O3. The molecule has 1 fully saturated rings. The van der Waals surface area contributed by atoms with E-state index in [2.05, 4.69) is 24.8 Å². The van der Waals surface area contributed by atoms with Crippen molar-refractivity contribution in [3.63, 3.8) is 0 Å². The Morgan fingerprint density at radius 2 is 1.88 bits per heavy atom. The van der Waals surface area contributed by atoms with Crippen molar-refractivity contribution in [2.24, 2.45) is 0 Å². The normalized spacial score (nSPS) is 17.6. The molecule has 3 rings (SSSR count). The van der Waals surface area contributed by atoms with Crippen LogP contribution in [0.1, 0.15) is 30.3 Å². The van der Waals surface area contributed by atoms with Crippen molar-refractivity contribution in [2.75, 3.05) is 32.2 Å². The number of methoxy groups -OCH3 is 2. The Kier molecular flexibility index (Phi) is 4.64. The Balaban J connectivity index is 1.86. The lowest BCUT2D eigenvalue weighted by molar-refractivity contribution is 0.370. The Morgan fingerprint density at radius 3 is 2.50 bits per heavy atom. The van der Waals surface area contributed by atoms with E-state index in [1.54, 1.807) is 33.3 Å². The largest absolute Gasteiger partial charge is 0.481 e. The van der Waals surface area contributed by atoms with Crippen LogP contribution in [0.25, 0.3) is 0 Å². The molecule has 2 aromatic rings. The molecule has 1 saturated heterocycles. The van der Waals surface area contributed by atoms with Gasteiger partial charge < -0.3 is 19.4 Å². The number of H-pyrrole nitrogens is 1. The van der Waals surface area contributed by atoms with Crippen molar-refractivity contribution in [1.82, 2.24) is 19.9 Å². The third-order valence-electron chi connectivity index (χ3n) is 4.09. The van der Waals surface area contributed by atoms with Crippen LogP contribution in [-0.2, 0) is 0 Å². The van der Waals surface area contributed by atoms with E-state index in [-0.39, 0.29) is 11.5 Å². The molecule has 2 aromatic heterocycles. The summed E-state index contributed by atoms with van der Waals surface area (Å²) in [6, 6.07) is 3.22. The van der Waals surface area contributed by atoms with Crippen LogP contribution in [0.4, 0.5) is 5.95 Å². The van der Waals surface area contributed by atoms with Crippen molar-refractivity contribution in [3.8, 4) is 11.8 Å². The lowest BCUT2D eigenvalue weighted by Crippen LogP contribution is -2.36. The summed E-state index contributed by atoms with van der Waals surface area (Å²) in [6.45, 7) is 3.34. The van der Waals surface area contributed by atoms with E-state index in [4.69, 9.17) is 9.47 Å². The van der Waals surface area contributed by atoms with Crippen LogP contribution in [-0.4, -0.2) is 47.2 Å². The molecule has 1 N–H and O–H groups in total. The number of piperidine rings is 1. The highest BCUT2D eigenvalue weighted by Gasteiger charge is 2.25. The Labute approximate surface area is 139 Å². The van der Waals surface area contributed by atoms with Gasteiger partial charge in [-0.15, -0.1) is 0 Å². The molecule has 0 radical (unpaired) electrons. The van der Waals surface area contributed by atoms with Crippen molar-refractivity contribution in [2.45, 2.75) is 25.7 Å². The first-order valence-electron chi connectivity index (χ1n) is 7.89. The van der Waals surface area contributed by atoms with E-state index in [0.29, 0.717) is 30.1 Å². The fourth-order valence-corrected chi connectivity index (χ4v) is 2.95. The first-order chi connectivity index (χ1) is 11.6. The molecule has 128 valence electrons. The second-order valence-corrected chi connectivity index (χ2v) is 5.79. The number of nitrogens with one attached hydrogen (secondary N) is 1. The quantitative estimate of drug-likeness (QED) is 0.901. The first-order valence-corrected chi connectivity index (χ1v) is 7.89. The summed E-state index contributed by atoms with van der Waals surface area (Å²) >= 11 is 0. The average Bonchev–Trinajstić information content (AvgIpc) is 2.60. The summed E-state index contributed by atoms with van der Waals surface area (Å²) < 4.78 is 10.4. The van der Waals surface area contributed by atoms with Crippen LogP contribution >= 0.6 is 0 Å². The lowest BCUT2D eigenvalue weighted by atomic mass is 9.94. The van der Waals surface area contributed by atoms with E-state index >= 15 is 0 Å². The average molecular weight is 331 g/mol. The topological polar surface area (TPSA) is 93.2 Å². The zero-order valence-electron chi connectivity index (χ0n) is 14.1. The second kappa shape index (κ2) is 6.86. The lowest BCUT2D eigenvalue weighted by Gasteiger charge is -2.32. The highest BCUT2D eigenvalue weighted by molar-refractivity contribution is 5.38. The number of aromatic nitrogens is 4. The first kappa shape index (κ1) is 16.2. The van der Waals surface area contributed by atoms with Gasteiger partial charge in [-0.3, -0.25) is 4.79 Å². The smallest absolute Gasteiger partial charge is 0.251 e. The second-order valence-electron chi connectivity index (χ2n) is 5.79. The zero-order valence-corrected chi connectivity index (χ0v) is 14.1. The molecule has 1 atom stereocenters. The molecule has 0 spiro atoms. The fourth-order valence-electron chi connectivity index (χ4n) is 2.95. The zero-order chi connectivity index (χ0) is 17.1. The minimum Gasteiger partial charge on any atom is -0.481 e. The number of hydrogen-bond acceptors (Lipinski definition) is 7. The predicted octanol–water partition coefficient (Wildman–Crippen LogP) is 1.27. The molecule has 8 heteroatoms. The molecule has 1 unspecified atom stereocenters. The van der Waals surface area contributed by atoms with Gasteiger partial charge in [0.25, 0.3) is 5.56 Å². The van der Waals surface area contributed by atoms with E-state index in [9.17, 15) is 4.79 Å². The maximum Gasteiger partial charge on any atom is 0.251 e. The molecule has 1 aliphatic heterocycles. The number of anilines is 1. The summed E-state index contributed by atoms with van der Waals surface area (Å²) in [6.07, 6.45) is 1.95. The third-order valence-corrected chi connectivity index (χ3v) is 4.09. The highest BCUT2D eigenvalue weighted by atomic mass is 16.5. The number of aromatic amines is 1. The minimum atomic E-state index is -0.117. The van der Waals surface area contributed by atoms with Crippen molar-refractivity contribution >= 4 is 5.95 Å². The molecule has 24 heavy (non-hydrogen) atoms. The van der Waals surface area contributed by atoms with E-state index < -0.39 is 0 Å². The molecular weight excluding hydrogens is 310 g/mol. The number of aryl methyl sites for hydroxylation is 1. The standard InChI is InChI=1S/C16H21N5O3/c1-10-17-12(7-13(22)18-10)11-5-4-6-21(9-11)16-19-14(23-2)8-15(20-16)24-3/h7-8,11H,4-6,9H2,1-3H3,(H,17,18,22). The van der Waals surface area contributed by atoms with Crippen molar-refractivity contribution in [3.05, 3.63) is 34.0 Å². The van der Waals surface area contributed by atoms with Crippen molar-refractivity contribution < 1.29 is 9.47 Å². The molecule has 1 aliphatic rings. The molecule has 0 amide bonds. The summed E-state index contributed by atoms with van der Waals surface area (Å²) in [4.78, 5) is 29.8. The Morgan fingerprint density at radius 1 is 1.17 bits per heavy atom. The fraction of sp³-hybridized carbons (Fsp3) is 0.500. The summed E-state index contributed by atoms with van der Waals surface area (Å²) in [5.74, 6) is 2.29. The molecule has 0 aromatic carbocycles. The van der Waals surface area contributed by atoms with Gasteiger partial charge in [-0.2, -0.15) is 9.97 Å². The van der Waals surface area contributed by atoms with Crippen LogP contribution < -0.4 is 19.9 Å². The number of rotatable bonds is 4. The van der Waals surface area contributed by atoms with Crippen LogP contribution in [0.2, 0.25) is 0 Å². The van der Waals surface area contributed by atoms with Crippen LogP contribution in [0, 0.1) is 6.92 Å². The van der Waals surface area contributed by atoms with Crippen LogP contribution in [0.3, 0.4) is 0 Å². The number of hydrogen-bond donors (Lipinski definition) is 1. The summed E-state index contributed by atoms with van der Waals surface area (Å²) in [5, 5.41) is 0. The van der Waals surface area contributed by atoms with E-state index in [0.717, 1.165) is 25.1 Å². The van der Waals surface area contributed by atoms with Gasteiger partial charge >= 0.3 is 0 Å². The molecule has 0 aliphatic carbocycles. The SMILES string of the molecule is COc1cc(OC)nc(N2CCCC(c3cc(=O)[nH]c(C)n3)C2)n1. The summed E-state index contributed by atoms with van der Waals surface area (Å²) in [7, 11) is 3.13. The van der Waals surface area contributed by atoms with Crippen LogP contribution in [0.5, 0.6) is 11.8 Å². The number of ether oxygens (including phenoxy) is 2. The maximum atomic E-state index is 11.7. The van der Waals surface area contributed by atoms with E-state index in [1.807, 2.05) is 0 Å². The Hall–Kier alpha value is -2.64. The van der Waals surface area contributed by atoms with Gasteiger partial charge in [0.1, 0.15) is 5.82 Å². The Bertz CT molecular complexity index is 754. The number of nitrogens with zero attached hydrogens (tertiary/aromatic N) is 4. The highest BCUT2D eigenvalue weighted by Crippen LogP contribution is 2.29. The van der Waals surface area contributed by atoms with Crippen LogP contribution in [0.15, 0.2) is 16.9 Å². The monoisotopic (exact) mass is 331 g/mol. The third kappa shape index (κ3) is 3.47. The summed E-state index contributed by atoms with van der Waals surface area (Å²) in [5.41, 5.74) is 0.699. The van der Waals surface area contributed by atoms with Crippen molar-refractivity contribution in [1.29, 1.82) is 0 Å². The van der Waals surface area contributed by atoms with Gasteiger partial charge in [0.2, 0.25) is 17.7 Å². The van der Waals surface area contributed by atoms with Gasteiger partial charge in [0.15, 0.2) is 0 Å². The molecule has 8 nitrogen and oxygen atoms in total. The van der Waals surface area contributed by atoms with Gasteiger partial charge in [-0.25, -0.2) is 4.98 Å².